The molecular weight excluding hydrogens is 362 g/mol. The maximum Gasteiger partial charge on any atom is 0.278 e. The van der Waals surface area contributed by atoms with Crippen molar-refractivity contribution in [1.82, 2.24) is 19.7 Å². The van der Waals surface area contributed by atoms with Crippen molar-refractivity contribution in [2.45, 2.75) is 17.0 Å². The number of nitrogens with zero attached hydrogens (tertiary/aromatic N) is 5. The number of non-ortho nitro benzene ring substituents is 1. The van der Waals surface area contributed by atoms with Gasteiger partial charge in [0.1, 0.15) is 0 Å². The Morgan fingerprint density at radius 2 is 1.96 bits per heavy atom. The fourth-order valence-electron chi connectivity index (χ4n) is 2.93. The Bertz CT molecular complexity index is 1170. The summed E-state index contributed by atoms with van der Waals surface area (Å²) in [6.45, 7) is 2.03. The highest BCUT2D eigenvalue weighted by molar-refractivity contribution is 7.99. The average Bonchev–Trinajstić information content (AvgIpc) is 3.02. The molecule has 4 aromatic rings. The summed E-state index contributed by atoms with van der Waals surface area (Å²) >= 11 is 1.42. The van der Waals surface area contributed by atoms with Crippen LogP contribution in [0.15, 0.2) is 64.9 Å². The van der Waals surface area contributed by atoms with E-state index in [-0.39, 0.29) is 5.69 Å². The first-order chi connectivity index (χ1) is 13.0. The van der Waals surface area contributed by atoms with Crippen LogP contribution in [0.5, 0.6) is 0 Å². The van der Waals surface area contributed by atoms with E-state index in [2.05, 4.69) is 21.2 Å². The number of nitro benzene ring substituents is 1. The van der Waals surface area contributed by atoms with Gasteiger partial charge in [-0.1, -0.05) is 23.8 Å². The number of nitro groups is 1. The van der Waals surface area contributed by atoms with Crippen molar-refractivity contribution >= 4 is 28.2 Å². The summed E-state index contributed by atoms with van der Waals surface area (Å²) in [6.07, 6.45) is 3.15. The Balaban J connectivity index is 1.76. The number of aryl methyl sites for hydroxylation is 1. The molecule has 27 heavy (non-hydrogen) atoms. The lowest BCUT2D eigenvalue weighted by molar-refractivity contribution is -0.383. The van der Waals surface area contributed by atoms with Crippen LogP contribution >= 0.6 is 11.8 Å². The third-order valence-corrected chi connectivity index (χ3v) is 5.38. The van der Waals surface area contributed by atoms with Crippen LogP contribution in [0.2, 0.25) is 0 Å². The minimum atomic E-state index is -0.392. The largest absolute Gasteiger partial charge is 0.305 e. The standard InChI is InChI=1S/C19H15N5O2S/c1-12-4-3-5-13(10-12)18-21-22-19(23(18)2)27-17-7-6-16(24(25)26)15-11-20-9-8-14(15)17/h3-11H,1-2H3. The maximum absolute atomic E-state index is 11.3. The Morgan fingerprint density at radius 1 is 1.11 bits per heavy atom. The molecule has 4 rings (SSSR count). The lowest BCUT2D eigenvalue weighted by Crippen LogP contribution is -1.95. The number of rotatable bonds is 4. The van der Waals surface area contributed by atoms with Crippen LogP contribution in [0.4, 0.5) is 5.69 Å². The molecule has 0 spiro atoms. The lowest BCUT2D eigenvalue weighted by Gasteiger charge is -2.07. The minimum Gasteiger partial charge on any atom is -0.305 e. The first-order valence-electron chi connectivity index (χ1n) is 8.20. The summed E-state index contributed by atoms with van der Waals surface area (Å²) in [5, 5.41) is 21.9. The van der Waals surface area contributed by atoms with Gasteiger partial charge in [0.05, 0.1) is 10.3 Å². The minimum absolute atomic E-state index is 0.0425. The summed E-state index contributed by atoms with van der Waals surface area (Å²) in [5.41, 5.74) is 2.19. The maximum atomic E-state index is 11.3. The quantitative estimate of drug-likeness (QED) is 0.387. The van der Waals surface area contributed by atoms with Crippen LogP contribution in [0.1, 0.15) is 5.56 Å². The molecule has 0 unspecified atom stereocenters. The molecule has 0 bridgehead atoms. The number of aromatic nitrogens is 4. The summed E-state index contributed by atoms with van der Waals surface area (Å²) in [4.78, 5) is 15.8. The Hall–Kier alpha value is -3.26. The third kappa shape index (κ3) is 3.15. The van der Waals surface area contributed by atoms with Gasteiger partial charge in [-0.3, -0.25) is 15.1 Å². The van der Waals surface area contributed by atoms with Crippen LogP contribution in [0, 0.1) is 17.0 Å². The zero-order valence-corrected chi connectivity index (χ0v) is 15.5. The van der Waals surface area contributed by atoms with E-state index in [4.69, 9.17) is 0 Å². The van der Waals surface area contributed by atoms with E-state index in [0.29, 0.717) is 10.5 Å². The highest BCUT2D eigenvalue weighted by Gasteiger charge is 2.17. The topological polar surface area (TPSA) is 86.7 Å². The summed E-state index contributed by atoms with van der Waals surface area (Å²) < 4.78 is 1.92. The van der Waals surface area contributed by atoms with Gasteiger partial charge in [-0.25, -0.2) is 0 Å². The number of pyridine rings is 1. The highest BCUT2D eigenvalue weighted by Crippen LogP contribution is 2.37. The summed E-state index contributed by atoms with van der Waals surface area (Å²) in [7, 11) is 1.91. The molecule has 0 N–H and O–H groups in total. The van der Waals surface area contributed by atoms with Gasteiger partial charge < -0.3 is 4.57 Å². The predicted molar refractivity (Wildman–Crippen MR) is 104 cm³/mol. The summed E-state index contributed by atoms with van der Waals surface area (Å²) in [6, 6.07) is 13.1. The normalized spacial score (nSPS) is 11.0. The number of hydrogen-bond donors (Lipinski definition) is 0. The molecule has 0 aliphatic carbocycles. The predicted octanol–water partition coefficient (Wildman–Crippen LogP) is 4.40. The van der Waals surface area contributed by atoms with Crippen LogP contribution < -0.4 is 0 Å². The van der Waals surface area contributed by atoms with Gasteiger partial charge in [-0.15, -0.1) is 10.2 Å². The van der Waals surface area contributed by atoms with Crippen LogP contribution in [0.3, 0.4) is 0 Å². The van der Waals surface area contributed by atoms with E-state index in [1.165, 1.54) is 24.0 Å². The monoisotopic (exact) mass is 377 g/mol. The number of hydrogen-bond acceptors (Lipinski definition) is 6. The van der Waals surface area contributed by atoms with Gasteiger partial charge in [-0.05, 0) is 36.9 Å². The highest BCUT2D eigenvalue weighted by atomic mass is 32.2. The molecule has 0 atom stereocenters. The van der Waals surface area contributed by atoms with Crippen molar-refractivity contribution in [3.8, 4) is 11.4 Å². The molecule has 0 aliphatic heterocycles. The van der Waals surface area contributed by atoms with Crippen LogP contribution in [-0.4, -0.2) is 24.7 Å². The molecular formula is C19H15N5O2S. The SMILES string of the molecule is Cc1cccc(-c2nnc(Sc3ccc([N+](=O)[O-])c4cnccc34)n2C)c1. The molecule has 0 radical (unpaired) electrons. The second-order valence-electron chi connectivity index (χ2n) is 6.10. The Kier molecular flexibility index (Phi) is 4.33. The molecule has 8 heteroatoms. The fraction of sp³-hybridized carbons (Fsp3) is 0.105. The Labute approximate surface area is 159 Å². The van der Waals surface area contributed by atoms with E-state index in [0.717, 1.165) is 27.2 Å². The van der Waals surface area contributed by atoms with Crippen molar-refractivity contribution in [2.24, 2.45) is 7.05 Å². The zero-order chi connectivity index (χ0) is 19.0. The van der Waals surface area contributed by atoms with Crippen molar-refractivity contribution in [2.75, 3.05) is 0 Å². The number of fused-ring (bicyclic) bond motifs is 1. The molecule has 0 saturated heterocycles. The molecule has 134 valence electrons. The molecule has 0 aliphatic rings. The Morgan fingerprint density at radius 3 is 2.74 bits per heavy atom. The van der Waals surface area contributed by atoms with Crippen LogP contribution in [-0.2, 0) is 7.05 Å². The smallest absolute Gasteiger partial charge is 0.278 e. The van der Waals surface area contributed by atoms with Gasteiger partial charge in [0.25, 0.3) is 5.69 Å². The zero-order valence-electron chi connectivity index (χ0n) is 14.7. The average molecular weight is 377 g/mol. The van der Waals surface area contributed by atoms with Gasteiger partial charge in [0.2, 0.25) is 0 Å². The molecule has 2 aromatic heterocycles. The van der Waals surface area contributed by atoms with Crippen molar-refractivity contribution < 1.29 is 4.92 Å². The van der Waals surface area contributed by atoms with Gasteiger partial charge in [0.15, 0.2) is 11.0 Å². The van der Waals surface area contributed by atoms with Gasteiger partial charge in [-0.2, -0.15) is 0 Å². The lowest BCUT2D eigenvalue weighted by atomic mass is 10.1. The second-order valence-corrected chi connectivity index (χ2v) is 7.11. The fourth-order valence-corrected chi connectivity index (χ4v) is 3.86. The first kappa shape index (κ1) is 17.2. The van der Waals surface area contributed by atoms with E-state index in [1.54, 1.807) is 18.3 Å². The molecule has 2 heterocycles. The molecule has 7 nitrogen and oxygen atoms in total. The van der Waals surface area contributed by atoms with Gasteiger partial charge >= 0.3 is 0 Å². The molecule has 0 saturated carbocycles. The van der Waals surface area contributed by atoms with E-state index >= 15 is 0 Å². The first-order valence-corrected chi connectivity index (χ1v) is 9.01. The van der Waals surface area contributed by atoms with Gasteiger partial charge in [0, 0.05) is 41.4 Å². The van der Waals surface area contributed by atoms with E-state index in [1.807, 2.05) is 36.7 Å². The second kappa shape index (κ2) is 6.81. The molecule has 0 fully saturated rings. The molecule has 0 amide bonds. The number of benzene rings is 2. The molecule has 2 aromatic carbocycles. The third-order valence-electron chi connectivity index (χ3n) is 4.26. The summed E-state index contributed by atoms with van der Waals surface area (Å²) in [5.74, 6) is 0.772. The van der Waals surface area contributed by atoms with Crippen molar-refractivity contribution in [3.63, 3.8) is 0 Å². The van der Waals surface area contributed by atoms with E-state index < -0.39 is 4.92 Å². The van der Waals surface area contributed by atoms with Crippen molar-refractivity contribution in [1.29, 1.82) is 0 Å². The van der Waals surface area contributed by atoms with E-state index in [9.17, 15) is 10.1 Å². The van der Waals surface area contributed by atoms with Crippen LogP contribution in [0.25, 0.3) is 22.2 Å². The van der Waals surface area contributed by atoms with Crippen molar-refractivity contribution in [3.05, 3.63) is 70.5 Å².